The van der Waals surface area contributed by atoms with Crippen LogP contribution in [0.1, 0.15) is 18.4 Å². The highest BCUT2D eigenvalue weighted by Gasteiger charge is 2.35. The summed E-state index contributed by atoms with van der Waals surface area (Å²) in [6.45, 7) is 1.98. The van der Waals surface area contributed by atoms with E-state index in [2.05, 4.69) is 0 Å². The molecule has 0 amide bonds. The van der Waals surface area contributed by atoms with Crippen LogP contribution in [0, 0.1) is 6.92 Å². The van der Waals surface area contributed by atoms with Crippen molar-refractivity contribution in [1.82, 2.24) is 4.31 Å². The van der Waals surface area contributed by atoms with Crippen molar-refractivity contribution >= 4 is 27.3 Å². The molecule has 0 saturated carbocycles. The minimum Gasteiger partial charge on any atom is -0.398 e. The summed E-state index contributed by atoms with van der Waals surface area (Å²) in [5.74, 6) is 0. The van der Waals surface area contributed by atoms with Crippen molar-refractivity contribution < 1.29 is 13.5 Å². The van der Waals surface area contributed by atoms with Crippen molar-refractivity contribution in [3.8, 4) is 0 Å². The minimum atomic E-state index is -3.65. The standard InChI is InChI=1S/C12H17ClN2O3S/c1-8-11(13)5-10(6-12(8)14)19(17,18)15-4-2-3-9(15)7-16/h5-6,9,16H,2-4,7,14H2,1H3/t9-/m0/s1. The van der Waals surface area contributed by atoms with Crippen molar-refractivity contribution in [2.24, 2.45) is 0 Å². The summed E-state index contributed by atoms with van der Waals surface area (Å²) >= 11 is 5.99. The lowest BCUT2D eigenvalue weighted by Gasteiger charge is -2.23. The van der Waals surface area contributed by atoms with Crippen LogP contribution < -0.4 is 5.73 Å². The fraction of sp³-hybridized carbons (Fsp3) is 0.500. The number of aliphatic hydroxyl groups excluding tert-OH is 1. The van der Waals surface area contributed by atoms with Crippen LogP contribution >= 0.6 is 11.6 Å². The Kier molecular flexibility index (Phi) is 4.06. The number of anilines is 1. The molecular weight excluding hydrogens is 288 g/mol. The molecule has 1 aromatic carbocycles. The van der Waals surface area contributed by atoms with Gasteiger partial charge in [-0.05, 0) is 37.5 Å². The van der Waals surface area contributed by atoms with Crippen molar-refractivity contribution in [3.05, 3.63) is 22.7 Å². The number of nitrogens with two attached hydrogens (primary N) is 1. The second-order valence-electron chi connectivity index (χ2n) is 4.71. The third-order valence-corrected chi connectivity index (χ3v) is 5.82. The van der Waals surface area contributed by atoms with Crippen LogP contribution in [0.4, 0.5) is 5.69 Å². The fourth-order valence-electron chi connectivity index (χ4n) is 2.27. The van der Waals surface area contributed by atoms with Crippen molar-refractivity contribution in [2.45, 2.75) is 30.7 Å². The highest BCUT2D eigenvalue weighted by Crippen LogP contribution is 2.31. The van der Waals surface area contributed by atoms with Crippen LogP contribution in [-0.2, 0) is 10.0 Å². The lowest BCUT2D eigenvalue weighted by molar-refractivity contribution is 0.213. The van der Waals surface area contributed by atoms with Gasteiger partial charge in [0.1, 0.15) is 0 Å². The number of sulfonamides is 1. The molecule has 1 heterocycles. The quantitative estimate of drug-likeness (QED) is 0.826. The lowest BCUT2D eigenvalue weighted by atomic mass is 10.2. The molecule has 1 atom stereocenters. The number of nitrogens with zero attached hydrogens (tertiary/aromatic N) is 1. The van der Waals surface area contributed by atoms with Gasteiger partial charge in [0.15, 0.2) is 0 Å². The zero-order valence-corrected chi connectivity index (χ0v) is 12.2. The summed E-state index contributed by atoms with van der Waals surface area (Å²) in [7, 11) is -3.65. The largest absolute Gasteiger partial charge is 0.398 e. The summed E-state index contributed by atoms with van der Waals surface area (Å²) in [6.07, 6.45) is 1.42. The Morgan fingerprint density at radius 1 is 1.53 bits per heavy atom. The van der Waals surface area contributed by atoms with Gasteiger partial charge in [0.25, 0.3) is 0 Å². The van der Waals surface area contributed by atoms with Crippen molar-refractivity contribution in [3.63, 3.8) is 0 Å². The van der Waals surface area contributed by atoms with Crippen LogP contribution in [-0.4, -0.2) is 37.0 Å². The summed E-state index contributed by atoms with van der Waals surface area (Å²) in [5.41, 5.74) is 6.79. The first kappa shape index (κ1) is 14.6. The molecule has 1 aliphatic rings. The molecule has 1 aromatic rings. The molecule has 0 radical (unpaired) electrons. The zero-order valence-electron chi connectivity index (χ0n) is 10.6. The molecule has 5 nitrogen and oxygen atoms in total. The first-order valence-corrected chi connectivity index (χ1v) is 7.88. The van der Waals surface area contributed by atoms with E-state index in [9.17, 15) is 13.5 Å². The van der Waals surface area contributed by atoms with Gasteiger partial charge in [-0.25, -0.2) is 8.42 Å². The monoisotopic (exact) mass is 304 g/mol. The molecule has 1 fully saturated rings. The zero-order chi connectivity index (χ0) is 14.2. The Hall–Kier alpha value is -0.820. The average Bonchev–Trinajstić information content (AvgIpc) is 2.84. The van der Waals surface area contributed by atoms with E-state index in [1.807, 2.05) is 0 Å². The Balaban J connectivity index is 2.45. The summed E-state index contributed by atoms with van der Waals surface area (Å²) < 4.78 is 26.4. The van der Waals surface area contributed by atoms with Gasteiger partial charge in [0, 0.05) is 23.3 Å². The maximum atomic E-state index is 12.5. The van der Waals surface area contributed by atoms with Gasteiger partial charge >= 0.3 is 0 Å². The van der Waals surface area contributed by atoms with E-state index in [0.717, 1.165) is 6.42 Å². The maximum absolute atomic E-state index is 12.5. The predicted octanol–water partition coefficient (Wildman–Crippen LogP) is 1.38. The SMILES string of the molecule is Cc1c(N)cc(S(=O)(=O)N2CCC[C@H]2CO)cc1Cl. The van der Waals surface area contributed by atoms with Gasteiger partial charge in [-0.3, -0.25) is 0 Å². The topological polar surface area (TPSA) is 83.6 Å². The Labute approximate surface area is 118 Å². The fourth-order valence-corrected chi connectivity index (χ4v) is 4.31. The summed E-state index contributed by atoms with van der Waals surface area (Å²) in [4.78, 5) is 0.0842. The average molecular weight is 305 g/mol. The van der Waals surface area contributed by atoms with Crippen LogP contribution in [0.15, 0.2) is 17.0 Å². The van der Waals surface area contributed by atoms with Crippen LogP contribution in [0.3, 0.4) is 0 Å². The normalized spacial score (nSPS) is 20.9. The van der Waals surface area contributed by atoms with Gasteiger partial charge in [0.2, 0.25) is 10.0 Å². The minimum absolute atomic E-state index is 0.0842. The molecule has 0 aliphatic carbocycles. The molecule has 0 spiro atoms. The van der Waals surface area contributed by atoms with Crippen LogP contribution in [0.5, 0.6) is 0 Å². The van der Waals surface area contributed by atoms with Crippen LogP contribution in [0.25, 0.3) is 0 Å². The second kappa shape index (κ2) is 5.28. The van der Waals surface area contributed by atoms with E-state index < -0.39 is 10.0 Å². The summed E-state index contributed by atoms with van der Waals surface area (Å²) in [5, 5.41) is 9.57. The van der Waals surface area contributed by atoms with Gasteiger partial charge < -0.3 is 10.8 Å². The van der Waals surface area contributed by atoms with E-state index in [4.69, 9.17) is 17.3 Å². The number of nitrogen functional groups attached to an aromatic ring is 1. The highest BCUT2D eigenvalue weighted by atomic mass is 35.5. The highest BCUT2D eigenvalue weighted by molar-refractivity contribution is 7.89. The molecule has 19 heavy (non-hydrogen) atoms. The molecule has 0 aromatic heterocycles. The summed E-state index contributed by atoms with van der Waals surface area (Å²) in [6, 6.07) is 2.48. The Morgan fingerprint density at radius 2 is 2.21 bits per heavy atom. The Morgan fingerprint density at radius 3 is 2.79 bits per heavy atom. The number of benzene rings is 1. The smallest absolute Gasteiger partial charge is 0.243 e. The first-order chi connectivity index (χ1) is 8.87. The number of hydrogen-bond acceptors (Lipinski definition) is 4. The predicted molar refractivity (Wildman–Crippen MR) is 74.6 cm³/mol. The number of halogens is 1. The molecule has 2 rings (SSSR count). The van der Waals surface area contributed by atoms with Gasteiger partial charge in [-0.15, -0.1) is 0 Å². The van der Waals surface area contributed by atoms with Gasteiger partial charge in [-0.1, -0.05) is 11.6 Å². The molecular formula is C12H17ClN2O3S. The number of aliphatic hydroxyl groups is 1. The third kappa shape index (κ3) is 2.58. The molecule has 3 N–H and O–H groups in total. The maximum Gasteiger partial charge on any atom is 0.243 e. The lowest BCUT2D eigenvalue weighted by Crippen LogP contribution is -2.37. The van der Waals surface area contributed by atoms with Gasteiger partial charge in [0.05, 0.1) is 11.5 Å². The second-order valence-corrected chi connectivity index (χ2v) is 7.01. The molecule has 1 aliphatic heterocycles. The molecule has 106 valence electrons. The molecule has 7 heteroatoms. The Bertz CT molecular complexity index is 566. The van der Waals surface area contributed by atoms with Gasteiger partial charge in [-0.2, -0.15) is 4.31 Å². The van der Waals surface area contributed by atoms with E-state index >= 15 is 0 Å². The van der Waals surface area contributed by atoms with E-state index in [1.54, 1.807) is 6.92 Å². The molecule has 1 saturated heterocycles. The number of hydrogen-bond donors (Lipinski definition) is 2. The molecule has 0 unspecified atom stereocenters. The van der Waals surface area contributed by atoms with E-state index in [-0.39, 0.29) is 17.5 Å². The van der Waals surface area contributed by atoms with Crippen molar-refractivity contribution in [2.75, 3.05) is 18.9 Å². The third-order valence-electron chi connectivity index (χ3n) is 3.50. The number of rotatable bonds is 3. The van der Waals surface area contributed by atoms with E-state index in [0.29, 0.717) is 29.2 Å². The van der Waals surface area contributed by atoms with Crippen LogP contribution in [0.2, 0.25) is 5.02 Å². The van der Waals surface area contributed by atoms with Crippen molar-refractivity contribution in [1.29, 1.82) is 0 Å². The first-order valence-electron chi connectivity index (χ1n) is 6.06. The van der Waals surface area contributed by atoms with E-state index in [1.165, 1.54) is 16.4 Å². The molecule has 0 bridgehead atoms.